The Bertz CT molecular complexity index is 1080. The molecule has 0 spiro atoms. The van der Waals surface area contributed by atoms with Crippen LogP contribution in [-0.2, 0) is 9.84 Å². The third-order valence-electron chi connectivity index (χ3n) is 6.24. The summed E-state index contributed by atoms with van der Waals surface area (Å²) in [5.41, 5.74) is 2.52. The van der Waals surface area contributed by atoms with Gasteiger partial charge in [0, 0.05) is 35.0 Å². The van der Waals surface area contributed by atoms with E-state index in [1.165, 1.54) is 37.4 Å². The minimum absolute atomic E-state index is 0.0618. The van der Waals surface area contributed by atoms with Gasteiger partial charge in [-0.25, -0.2) is 8.42 Å². The molecular weight excluding hydrogens is 408 g/mol. The van der Waals surface area contributed by atoms with Crippen molar-refractivity contribution in [2.24, 2.45) is 0 Å². The second-order valence-corrected chi connectivity index (χ2v) is 11.8. The lowest BCUT2D eigenvalue weighted by molar-refractivity contribution is 0.102. The van der Waals surface area contributed by atoms with Gasteiger partial charge in [0.15, 0.2) is 20.8 Å². The second kappa shape index (κ2) is 6.97. The van der Waals surface area contributed by atoms with Crippen LogP contribution in [0.3, 0.4) is 0 Å². The Balaban J connectivity index is 1.33. The van der Waals surface area contributed by atoms with E-state index in [1.807, 2.05) is 24.5 Å². The van der Waals surface area contributed by atoms with Gasteiger partial charge < -0.3 is 9.13 Å². The molecule has 0 amide bonds. The Labute approximate surface area is 175 Å². The number of Topliss-reactive ketones (excluding diaryl/α,β-unsaturated/α-hetero) is 1. The van der Waals surface area contributed by atoms with Crippen LogP contribution in [0, 0.1) is 13.8 Å². The molecule has 2 aliphatic carbocycles. The molecule has 0 radical (unpaired) electrons. The molecule has 0 aromatic carbocycles. The van der Waals surface area contributed by atoms with E-state index in [0.717, 1.165) is 22.4 Å². The van der Waals surface area contributed by atoms with Crippen LogP contribution in [-0.4, -0.2) is 50.8 Å². The number of aromatic nitrogens is 4. The molecule has 1 atom stereocenters. The van der Waals surface area contributed by atoms with Gasteiger partial charge in [0.2, 0.25) is 0 Å². The number of rotatable bonds is 7. The predicted octanol–water partition coefficient (Wildman–Crippen LogP) is 3.24. The first-order valence-corrected chi connectivity index (χ1v) is 13.1. The van der Waals surface area contributed by atoms with Crippen LogP contribution in [0.25, 0.3) is 0 Å². The largest absolute Gasteiger partial charge is 0.344 e. The van der Waals surface area contributed by atoms with Crippen LogP contribution in [0.2, 0.25) is 0 Å². The highest BCUT2D eigenvalue weighted by molar-refractivity contribution is 7.99. The molecule has 0 N–H and O–H groups in total. The van der Waals surface area contributed by atoms with Crippen molar-refractivity contribution in [3.63, 3.8) is 0 Å². The topological polar surface area (TPSA) is 86.8 Å². The van der Waals surface area contributed by atoms with Gasteiger partial charge in [-0.1, -0.05) is 11.8 Å². The van der Waals surface area contributed by atoms with E-state index >= 15 is 0 Å². The summed E-state index contributed by atoms with van der Waals surface area (Å²) in [5, 5.41) is 9.65. The van der Waals surface area contributed by atoms with Crippen molar-refractivity contribution in [1.29, 1.82) is 0 Å². The number of ketones is 1. The van der Waals surface area contributed by atoms with E-state index in [0.29, 0.717) is 29.7 Å². The summed E-state index contributed by atoms with van der Waals surface area (Å²) in [6.07, 6.45) is 5.35. The molecule has 1 aliphatic heterocycles. The summed E-state index contributed by atoms with van der Waals surface area (Å²) in [6.45, 7) is 3.88. The minimum atomic E-state index is -2.97. The van der Waals surface area contributed by atoms with Crippen LogP contribution in [0.4, 0.5) is 0 Å². The molecule has 1 unspecified atom stereocenters. The first-order chi connectivity index (χ1) is 13.8. The highest BCUT2D eigenvalue weighted by atomic mass is 32.2. The molecular formula is C20H26N4O3S2. The highest BCUT2D eigenvalue weighted by Crippen LogP contribution is 2.46. The number of hydrogen-bond donors (Lipinski definition) is 0. The van der Waals surface area contributed by atoms with Gasteiger partial charge in [0.25, 0.3) is 0 Å². The van der Waals surface area contributed by atoms with E-state index in [-0.39, 0.29) is 23.3 Å². The third kappa shape index (κ3) is 3.67. The molecule has 3 heterocycles. The summed E-state index contributed by atoms with van der Waals surface area (Å²) in [7, 11) is -2.97. The lowest BCUT2D eigenvalue weighted by Crippen LogP contribution is -2.14. The molecule has 0 bridgehead atoms. The Morgan fingerprint density at radius 2 is 1.86 bits per heavy atom. The Morgan fingerprint density at radius 1 is 1.10 bits per heavy atom. The zero-order valence-electron chi connectivity index (χ0n) is 16.8. The maximum atomic E-state index is 13.0. The van der Waals surface area contributed by atoms with Gasteiger partial charge >= 0.3 is 0 Å². The number of aryl methyl sites for hydroxylation is 1. The smallest absolute Gasteiger partial charge is 0.191 e. The standard InChI is InChI=1S/C20H26N4O3S2/c1-12-9-17(13(2)23(12)16-7-8-29(26,27)11-16)18(25)10-28-20-22-21-19(14-3-4-14)24(20)15-5-6-15/h9,14-16H,3-8,10-11H2,1-2H3. The van der Waals surface area contributed by atoms with Gasteiger partial charge in [0.05, 0.1) is 17.3 Å². The van der Waals surface area contributed by atoms with Gasteiger partial charge in [-0.3, -0.25) is 4.79 Å². The molecule has 7 nitrogen and oxygen atoms in total. The van der Waals surface area contributed by atoms with Gasteiger partial charge in [-0.15, -0.1) is 10.2 Å². The highest BCUT2D eigenvalue weighted by Gasteiger charge is 2.36. The van der Waals surface area contributed by atoms with Crippen molar-refractivity contribution < 1.29 is 13.2 Å². The molecule has 2 saturated carbocycles. The number of thioether (sulfide) groups is 1. The molecule has 2 aromatic heterocycles. The maximum Gasteiger partial charge on any atom is 0.191 e. The van der Waals surface area contributed by atoms with Crippen LogP contribution in [0.15, 0.2) is 11.2 Å². The third-order valence-corrected chi connectivity index (χ3v) is 8.93. The number of carbonyl (C=O) groups is 1. The molecule has 3 aliphatic rings. The molecule has 1 saturated heterocycles. The normalized spacial score (nSPS) is 23.6. The lowest BCUT2D eigenvalue weighted by atomic mass is 10.2. The monoisotopic (exact) mass is 434 g/mol. The van der Waals surface area contributed by atoms with Crippen molar-refractivity contribution in [3.8, 4) is 0 Å². The first kappa shape index (κ1) is 19.4. The van der Waals surface area contributed by atoms with Crippen LogP contribution in [0.1, 0.15) is 77.7 Å². The van der Waals surface area contributed by atoms with E-state index in [4.69, 9.17) is 0 Å². The number of nitrogens with zero attached hydrogens (tertiary/aromatic N) is 4. The Kier molecular flexibility index (Phi) is 4.66. The summed E-state index contributed by atoms with van der Waals surface area (Å²) in [5.74, 6) is 2.43. The average molecular weight is 435 g/mol. The fourth-order valence-electron chi connectivity index (χ4n) is 4.49. The van der Waals surface area contributed by atoms with E-state index in [1.54, 1.807) is 0 Å². The minimum Gasteiger partial charge on any atom is -0.344 e. The summed E-state index contributed by atoms with van der Waals surface area (Å²) in [6, 6.07) is 2.35. The summed E-state index contributed by atoms with van der Waals surface area (Å²) < 4.78 is 28.1. The van der Waals surface area contributed by atoms with E-state index < -0.39 is 9.84 Å². The summed E-state index contributed by atoms with van der Waals surface area (Å²) in [4.78, 5) is 13.0. The molecule has 156 valence electrons. The zero-order valence-corrected chi connectivity index (χ0v) is 18.4. The van der Waals surface area contributed by atoms with Crippen molar-refractivity contribution in [1.82, 2.24) is 19.3 Å². The van der Waals surface area contributed by atoms with Gasteiger partial charge in [-0.2, -0.15) is 0 Å². The van der Waals surface area contributed by atoms with Crippen molar-refractivity contribution in [2.75, 3.05) is 17.3 Å². The van der Waals surface area contributed by atoms with Crippen LogP contribution < -0.4 is 0 Å². The fraction of sp³-hybridized carbons (Fsp3) is 0.650. The molecule has 29 heavy (non-hydrogen) atoms. The fourth-order valence-corrected chi connectivity index (χ4v) is 7.09. The predicted molar refractivity (Wildman–Crippen MR) is 112 cm³/mol. The average Bonchev–Trinajstić information content (AvgIpc) is 3.59. The van der Waals surface area contributed by atoms with Gasteiger partial charge in [-0.05, 0) is 52.0 Å². The van der Waals surface area contributed by atoms with Crippen LogP contribution >= 0.6 is 11.8 Å². The molecule has 9 heteroatoms. The number of carbonyl (C=O) groups excluding carboxylic acids is 1. The zero-order chi connectivity index (χ0) is 20.3. The number of hydrogen-bond acceptors (Lipinski definition) is 6. The quantitative estimate of drug-likeness (QED) is 0.491. The Morgan fingerprint density at radius 3 is 2.48 bits per heavy atom. The molecule has 5 rings (SSSR count). The lowest BCUT2D eigenvalue weighted by Gasteiger charge is -2.16. The van der Waals surface area contributed by atoms with Crippen LogP contribution in [0.5, 0.6) is 0 Å². The van der Waals surface area contributed by atoms with Crippen molar-refractivity contribution in [3.05, 3.63) is 28.8 Å². The van der Waals surface area contributed by atoms with E-state index in [2.05, 4.69) is 14.8 Å². The van der Waals surface area contributed by atoms with Crippen molar-refractivity contribution in [2.45, 2.75) is 69.1 Å². The first-order valence-electron chi connectivity index (χ1n) is 10.3. The maximum absolute atomic E-state index is 13.0. The number of sulfone groups is 1. The molecule has 2 aromatic rings. The van der Waals surface area contributed by atoms with E-state index in [9.17, 15) is 13.2 Å². The molecule has 3 fully saturated rings. The van der Waals surface area contributed by atoms with Gasteiger partial charge in [0.1, 0.15) is 5.82 Å². The summed E-state index contributed by atoms with van der Waals surface area (Å²) >= 11 is 1.47. The SMILES string of the molecule is Cc1cc(C(=O)CSc2nnc(C3CC3)n2C2CC2)c(C)n1C1CCS(=O)(=O)C1. The second-order valence-electron chi connectivity index (χ2n) is 8.64. The Hall–Kier alpha value is -1.61. The van der Waals surface area contributed by atoms with Crippen molar-refractivity contribution >= 4 is 27.4 Å².